The molecule has 1 aromatic carbocycles. The van der Waals surface area contributed by atoms with E-state index in [1.807, 2.05) is 26.1 Å². The molecule has 0 spiro atoms. The van der Waals surface area contributed by atoms with Gasteiger partial charge in [0.25, 0.3) is 5.91 Å². The molecule has 0 aliphatic rings. The number of urea groups is 1. The largest absolute Gasteiger partial charge is 0.452 e. The number of amides is 3. The second-order valence-electron chi connectivity index (χ2n) is 7.12. The Labute approximate surface area is 165 Å². The minimum atomic E-state index is -3.77. The number of benzene rings is 1. The number of hydrogen-bond acceptors (Lipinski definition) is 6. The molecule has 0 saturated heterocycles. The van der Waals surface area contributed by atoms with E-state index in [4.69, 9.17) is 4.74 Å². The molecule has 10 heteroatoms. The van der Waals surface area contributed by atoms with Gasteiger partial charge in [0.1, 0.15) is 0 Å². The van der Waals surface area contributed by atoms with E-state index in [-0.39, 0.29) is 23.3 Å². The fraction of sp³-hybridized carbons (Fsp3) is 0.500. The molecule has 1 atom stereocenters. The smallest absolute Gasteiger partial charge is 0.321 e. The lowest BCUT2D eigenvalue weighted by Gasteiger charge is -2.19. The van der Waals surface area contributed by atoms with Crippen molar-refractivity contribution in [2.45, 2.75) is 50.5 Å². The van der Waals surface area contributed by atoms with Crippen molar-refractivity contribution in [1.82, 2.24) is 15.4 Å². The molecule has 0 aliphatic carbocycles. The standard InChI is InChI=1S/C18H27N3O6S/c1-12(16(23)21-17(24)19-5)27-15(22)10-11-20-28(25,26)14-8-6-13(7-9-14)18(2,3)4/h6-9,12,20H,10-11H2,1-5H3,(H2,19,21,23,24)/t12-/m0/s1. The van der Waals surface area contributed by atoms with Crippen molar-refractivity contribution in [3.8, 4) is 0 Å². The molecular formula is C18H27N3O6S. The Morgan fingerprint density at radius 1 is 1.11 bits per heavy atom. The van der Waals surface area contributed by atoms with Crippen LogP contribution in [0.3, 0.4) is 0 Å². The van der Waals surface area contributed by atoms with Crippen LogP contribution in [0.25, 0.3) is 0 Å². The molecule has 0 saturated carbocycles. The maximum atomic E-state index is 12.3. The third-order valence-electron chi connectivity index (χ3n) is 3.79. The summed E-state index contributed by atoms with van der Waals surface area (Å²) in [6.07, 6.45) is -1.46. The number of sulfonamides is 1. The molecule has 0 aromatic heterocycles. The predicted molar refractivity (Wildman–Crippen MR) is 103 cm³/mol. The molecule has 156 valence electrons. The lowest BCUT2D eigenvalue weighted by atomic mass is 9.87. The molecule has 1 aromatic rings. The van der Waals surface area contributed by atoms with Crippen LogP contribution in [0.2, 0.25) is 0 Å². The van der Waals surface area contributed by atoms with E-state index in [9.17, 15) is 22.8 Å². The number of carbonyl (C=O) groups excluding carboxylic acids is 3. The minimum absolute atomic E-state index is 0.0900. The van der Waals surface area contributed by atoms with E-state index >= 15 is 0 Å². The maximum Gasteiger partial charge on any atom is 0.321 e. The minimum Gasteiger partial charge on any atom is -0.452 e. The SMILES string of the molecule is CNC(=O)NC(=O)[C@H](C)OC(=O)CCNS(=O)(=O)c1ccc(C(C)(C)C)cc1. The molecular weight excluding hydrogens is 386 g/mol. The summed E-state index contributed by atoms with van der Waals surface area (Å²) in [6, 6.07) is 5.78. The molecule has 28 heavy (non-hydrogen) atoms. The third-order valence-corrected chi connectivity index (χ3v) is 5.27. The van der Waals surface area contributed by atoms with E-state index < -0.39 is 34.0 Å². The van der Waals surface area contributed by atoms with Gasteiger partial charge < -0.3 is 10.1 Å². The highest BCUT2D eigenvalue weighted by atomic mass is 32.2. The summed E-state index contributed by atoms with van der Waals surface area (Å²) < 4.78 is 31.8. The van der Waals surface area contributed by atoms with Crippen LogP contribution in [0, 0.1) is 0 Å². The van der Waals surface area contributed by atoms with Gasteiger partial charge in [-0.05, 0) is 30.0 Å². The van der Waals surface area contributed by atoms with Crippen molar-refractivity contribution in [2.24, 2.45) is 0 Å². The molecule has 0 aliphatic heterocycles. The van der Waals surface area contributed by atoms with Crippen LogP contribution in [0.4, 0.5) is 4.79 Å². The zero-order valence-corrected chi connectivity index (χ0v) is 17.5. The fourth-order valence-electron chi connectivity index (χ4n) is 2.09. The summed E-state index contributed by atoms with van der Waals surface area (Å²) in [4.78, 5) is 34.5. The molecule has 3 amide bonds. The van der Waals surface area contributed by atoms with Crippen LogP contribution >= 0.6 is 0 Å². The van der Waals surface area contributed by atoms with Crippen molar-refractivity contribution in [3.63, 3.8) is 0 Å². The average Bonchev–Trinajstić information content (AvgIpc) is 2.60. The van der Waals surface area contributed by atoms with Gasteiger partial charge in [-0.25, -0.2) is 17.9 Å². The lowest BCUT2D eigenvalue weighted by Crippen LogP contribution is -2.43. The van der Waals surface area contributed by atoms with E-state index in [1.54, 1.807) is 12.1 Å². The van der Waals surface area contributed by atoms with Crippen molar-refractivity contribution >= 4 is 27.9 Å². The van der Waals surface area contributed by atoms with Gasteiger partial charge in [-0.3, -0.25) is 14.9 Å². The summed E-state index contributed by atoms with van der Waals surface area (Å²) in [7, 11) is -2.44. The Balaban J connectivity index is 2.54. The first-order valence-electron chi connectivity index (χ1n) is 8.69. The topological polar surface area (TPSA) is 131 Å². The van der Waals surface area contributed by atoms with E-state index in [1.165, 1.54) is 26.1 Å². The van der Waals surface area contributed by atoms with E-state index in [0.29, 0.717) is 0 Å². The highest BCUT2D eigenvalue weighted by Gasteiger charge is 2.21. The van der Waals surface area contributed by atoms with Crippen molar-refractivity contribution in [1.29, 1.82) is 0 Å². The Kier molecular flexibility index (Phi) is 8.13. The number of rotatable bonds is 7. The molecule has 0 fully saturated rings. The Morgan fingerprint density at radius 2 is 1.68 bits per heavy atom. The lowest BCUT2D eigenvalue weighted by molar-refractivity contribution is -0.154. The highest BCUT2D eigenvalue weighted by Crippen LogP contribution is 2.23. The predicted octanol–water partition coefficient (Wildman–Crippen LogP) is 1.04. The maximum absolute atomic E-state index is 12.3. The van der Waals surface area contributed by atoms with Gasteiger partial charge in [-0.15, -0.1) is 0 Å². The summed E-state index contributed by atoms with van der Waals surface area (Å²) in [6.45, 7) is 7.19. The molecule has 0 bridgehead atoms. The van der Waals surface area contributed by atoms with Gasteiger partial charge >= 0.3 is 12.0 Å². The zero-order valence-electron chi connectivity index (χ0n) is 16.7. The second kappa shape index (κ2) is 9.65. The Bertz CT molecular complexity index is 813. The number of imide groups is 1. The first-order valence-corrected chi connectivity index (χ1v) is 10.2. The average molecular weight is 413 g/mol. The number of carbonyl (C=O) groups is 3. The Hall–Kier alpha value is -2.46. The first-order chi connectivity index (χ1) is 12.9. The number of esters is 1. The van der Waals surface area contributed by atoms with Crippen molar-refractivity contribution in [3.05, 3.63) is 29.8 Å². The quantitative estimate of drug-likeness (QED) is 0.573. The zero-order chi connectivity index (χ0) is 21.5. The molecule has 0 heterocycles. The normalized spacial score (nSPS) is 12.8. The van der Waals surface area contributed by atoms with Gasteiger partial charge in [0.05, 0.1) is 11.3 Å². The third kappa shape index (κ3) is 7.28. The van der Waals surface area contributed by atoms with Crippen LogP contribution in [0.1, 0.15) is 39.7 Å². The van der Waals surface area contributed by atoms with E-state index in [0.717, 1.165) is 5.56 Å². The fourth-order valence-corrected chi connectivity index (χ4v) is 3.12. The molecule has 3 N–H and O–H groups in total. The number of hydrogen-bond donors (Lipinski definition) is 3. The second-order valence-corrected chi connectivity index (χ2v) is 8.89. The van der Waals surface area contributed by atoms with Gasteiger partial charge in [0.2, 0.25) is 10.0 Å². The van der Waals surface area contributed by atoms with Gasteiger partial charge in [-0.2, -0.15) is 0 Å². The summed E-state index contributed by atoms with van der Waals surface area (Å²) in [5.74, 6) is -1.56. The van der Waals surface area contributed by atoms with Crippen LogP contribution in [0.5, 0.6) is 0 Å². The van der Waals surface area contributed by atoms with Crippen molar-refractivity contribution < 1.29 is 27.5 Å². The summed E-state index contributed by atoms with van der Waals surface area (Å²) in [5, 5.41) is 4.17. The molecule has 9 nitrogen and oxygen atoms in total. The van der Waals surface area contributed by atoms with E-state index in [2.05, 4.69) is 10.0 Å². The first kappa shape index (κ1) is 23.6. The Morgan fingerprint density at radius 3 is 2.18 bits per heavy atom. The molecule has 1 rings (SSSR count). The van der Waals surface area contributed by atoms with Crippen LogP contribution in [-0.4, -0.2) is 46.0 Å². The highest BCUT2D eigenvalue weighted by molar-refractivity contribution is 7.89. The monoisotopic (exact) mass is 413 g/mol. The van der Waals surface area contributed by atoms with Crippen LogP contribution in [0.15, 0.2) is 29.2 Å². The van der Waals surface area contributed by atoms with Crippen LogP contribution in [-0.2, 0) is 29.8 Å². The number of ether oxygens (including phenoxy) is 1. The van der Waals surface area contributed by atoms with Gasteiger partial charge in [0, 0.05) is 13.6 Å². The van der Waals surface area contributed by atoms with Crippen molar-refractivity contribution in [2.75, 3.05) is 13.6 Å². The molecule has 0 radical (unpaired) electrons. The number of nitrogens with one attached hydrogen (secondary N) is 3. The van der Waals surface area contributed by atoms with Gasteiger partial charge in [-0.1, -0.05) is 32.9 Å². The van der Waals surface area contributed by atoms with Gasteiger partial charge in [0.15, 0.2) is 6.10 Å². The summed E-state index contributed by atoms with van der Waals surface area (Å²) in [5.41, 5.74) is 0.902. The van der Waals surface area contributed by atoms with Crippen LogP contribution < -0.4 is 15.4 Å². The molecule has 0 unspecified atom stereocenters. The summed E-state index contributed by atoms with van der Waals surface area (Å²) >= 11 is 0.